The highest BCUT2D eigenvalue weighted by molar-refractivity contribution is 5.87. The summed E-state index contributed by atoms with van der Waals surface area (Å²) < 4.78 is 18.2. The Bertz CT molecular complexity index is 726. The number of carbonyl (C=O) groups excluding carboxylic acids is 2. The predicted molar refractivity (Wildman–Crippen MR) is 93.3 cm³/mol. The Morgan fingerprint density at radius 2 is 1.68 bits per heavy atom. The van der Waals surface area contributed by atoms with Crippen molar-refractivity contribution in [2.75, 3.05) is 0 Å². The summed E-state index contributed by atoms with van der Waals surface area (Å²) in [4.78, 5) is 24.6. The van der Waals surface area contributed by atoms with Crippen molar-refractivity contribution < 1.29 is 18.7 Å². The van der Waals surface area contributed by atoms with Crippen LogP contribution in [-0.2, 0) is 26.3 Å². The van der Waals surface area contributed by atoms with Gasteiger partial charge >= 0.3 is 5.97 Å². The first kappa shape index (κ1) is 18.6. The van der Waals surface area contributed by atoms with Gasteiger partial charge in [-0.15, -0.1) is 0 Å². The van der Waals surface area contributed by atoms with Gasteiger partial charge in [-0.3, -0.25) is 9.59 Å². The van der Waals surface area contributed by atoms with E-state index in [-0.39, 0.29) is 12.4 Å². The van der Waals surface area contributed by atoms with Crippen LogP contribution in [0, 0.1) is 5.82 Å². The number of hydrogen-bond donors (Lipinski definition) is 1. The summed E-state index contributed by atoms with van der Waals surface area (Å²) >= 11 is 0. The number of amides is 1. The minimum Gasteiger partial charge on any atom is -0.452 e. The van der Waals surface area contributed by atoms with E-state index in [0.29, 0.717) is 0 Å². The fourth-order valence-electron chi connectivity index (χ4n) is 2.27. The van der Waals surface area contributed by atoms with Crippen molar-refractivity contribution in [1.82, 2.24) is 5.32 Å². The van der Waals surface area contributed by atoms with Crippen LogP contribution in [0.1, 0.15) is 31.9 Å². The second kappa shape index (κ2) is 7.92. The first-order valence-electron chi connectivity index (χ1n) is 8.09. The fraction of sp³-hybridized carbons (Fsp3) is 0.300. The molecule has 0 bridgehead atoms. The number of esters is 1. The molecule has 0 aliphatic rings. The predicted octanol–water partition coefficient (Wildman–Crippen LogP) is 3.35. The number of rotatable bonds is 6. The number of carbonyl (C=O) groups is 2. The molecule has 2 aromatic carbocycles. The molecule has 2 aromatic rings. The van der Waals surface area contributed by atoms with Crippen molar-refractivity contribution >= 4 is 11.9 Å². The van der Waals surface area contributed by atoms with Gasteiger partial charge in [0.15, 0.2) is 6.10 Å². The first-order valence-corrected chi connectivity index (χ1v) is 8.09. The topological polar surface area (TPSA) is 55.4 Å². The summed E-state index contributed by atoms with van der Waals surface area (Å²) in [6, 6.07) is 15.1. The highest BCUT2D eigenvalue weighted by Gasteiger charge is 2.33. The second-order valence-electron chi connectivity index (χ2n) is 6.38. The van der Waals surface area contributed by atoms with Crippen molar-refractivity contribution in [3.8, 4) is 0 Å². The van der Waals surface area contributed by atoms with Crippen molar-refractivity contribution in [2.45, 2.75) is 38.8 Å². The van der Waals surface area contributed by atoms with Crippen LogP contribution in [0.2, 0.25) is 0 Å². The summed E-state index contributed by atoms with van der Waals surface area (Å²) in [7, 11) is 0. The molecule has 0 aromatic heterocycles. The Balaban J connectivity index is 1.91. The van der Waals surface area contributed by atoms with E-state index in [9.17, 15) is 14.0 Å². The summed E-state index contributed by atoms with van der Waals surface area (Å²) in [6.07, 6.45) is -0.920. The quantitative estimate of drug-likeness (QED) is 0.819. The highest BCUT2D eigenvalue weighted by Crippen LogP contribution is 2.25. The number of halogens is 1. The zero-order valence-electron chi connectivity index (χ0n) is 14.6. The summed E-state index contributed by atoms with van der Waals surface area (Å²) in [5.41, 5.74) is 0.726. The molecule has 0 unspecified atom stereocenters. The normalized spacial score (nSPS) is 12.3. The maximum atomic E-state index is 12.9. The van der Waals surface area contributed by atoms with Gasteiger partial charge in [-0.1, -0.05) is 42.5 Å². The van der Waals surface area contributed by atoms with E-state index in [2.05, 4.69) is 5.32 Å². The molecule has 0 radical (unpaired) electrons. The van der Waals surface area contributed by atoms with Crippen molar-refractivity contribution in [2.24, 2.45) is 0 Å². The molecule has 0 aliphatic carbocycles. The van der Waals surface area contributed by atoms with Gasteiger partial charge in [-0.05, 0) is 44.0 Å². The molecule has 0 fully saturated rings. The Morgan fingerprint density at radius 3 is 2.28 bits per heavy atom. The van der Waals surface area contributed by atoms with Gasteiger partial charge in [0.1, 0.15) is 5.82 Å². The standard InChI is InChI=1S/C20H22FNO3/c1-14(18(23)22-13-15-9-11-17(21)12-10-15)25-19(24)20(2,3)16-7-5-4-6-8-16/h4-12,14H,13H2,1-3H3,(H,22,23)/t14-/m0/s1. The monoisotopic (exact) mass is 343 g/mol. The lowest BCUT2D eigenvalue weighted by molar-refractivity contribution is -0.159. The third-order valence-electron chi connectivity index (χ3n) is 4.04. The lowest BCUT2D eigenvalue weighted by Gasteiger charge is -2.25. The number of benzene rings is 2. The molecule has 0 saturated carbocycles. The summed E-state index contributed by atoms with van der Waals surface area (Å²) in [6.45, 7) is 5.28. The average molecular weight is 343 g/mol. The smallest absolute Gasteiger partial charge is 0.316 e. The van der Waals surface area contributed by atoms with E-state index < -0.39 is 23.4 Å². The molecule has 4 nitrogen and oxygen atoms in total. The average Bonchev–Trinajstić information content (AvgIpc) is 2.61. The van der Waals surface area contributed by atoms with Crippen molar-refractivity contribution in [3.05, 3.63) is 71.5 Å². The highest BCUT2D eigenvalue weighted by atomic mass is 19.1. The molecule has 1 N–H and O–H groups in total. The van der Waals surface area contributed by atoms with Gasteiger partial charge in [0, 0.05) is 6.54 Å². The fourth-order valence-corrected chi connectivity index (χ4v) is 2.27. The van der Waals surface area contributed by atoms with Crippen LogP contribution < -0.4 is 5.32 Å². The van der Waals surface area contributed by atoms with Gasteiger partial charge in [0.05, 0.1) is 5.41 Å². The molecular formula is C20H22FNO3. The van der Waals surface area contributed by atoms with Crippen LogP contribution in [-0.4, -0.2) is 18.0 Å². The minimum absolute atomic E-state index is 0.239. The van der Waals surface area contributed by atoms with E-state index in [4.69, 9.17) is 4.74 Å². The maximum Gasteiger partial charge on any atom is 0.316 e. The molecule has 1 amide bonds. The van der Waals surface area contributed by atoms with Gasteiger partial charge in [0.2, 0.25) is 0 Å². The third-order valence-corrected chi connectivity index (χ3v) is 4.04. The number of hydrogen-bond acceptors (Lipinski definition) is 3. The molecule has 0 saturated heterocycles. The van der Waals surface area contributed by atoms with Crippen LogP contribution in [0.4, 0.5) is 4.39 Å². The Morgan fingerprint density at radius 1 is 1.08 bits per heavy atom. The number of ether oxygens (including phenoxy) is 1. The van der Waals surface area contributed by atoms with E-state index in [0.717, 1.165) is 11.1 Å². The SMILES string of the molecule is C[C@H](OC(=O)C(C)(C)c1ccccc1)C(=O)NCc1ccc(F)cc1. The van der Waals surface area contributed by atoms with E-state index >= 15 is 0 Å². The lowest BCUT2D eigenvalue weighted by Crippen LogP contribution is -2.40. The molecular weight excluding hydrogens is 321 g/mol. The Kier molecular flexibility index (Phi) is 5.91. The molecule has 0 heterocycles. The lowest BCUT2D eigenvalue weighted by atomic mass is 9.85. The number of nitrogens with one attached hydrogen (secondary N) is 1. The minimum atomic E-state index is -0.920. The first-order chi connectivity index (χ1) is 11.8. The zero-order chi connectivity index (χ0) is 18.4. The zero-order valence-corrected chi connectivity index (χ0v) is 14.6. The largest absolute Gasteiger partial charge is 0.452 e. The Labute approximate surface area is 147 Å². The van der Waals surface area contributed by atoms with Crippen LogP contribution in [0.3, 0.4) is 0 Å². The van der Waals surface area contributed by atoms with Crippen LogP contribution in [0.5, 0.6) is 0 Å². The van der Waals surface area contributed by atoms with Crippen molar-refractivity contribution in [3.63, 3.8) is 0 Å². The molecule has 2 rings (SSSR count). The molecule has 5 heteroatoms. The van der Waals surface area contributed by atoms with Crippen molar-refractivity contribution in [1.29, 1.82) is 0 Å². The third kappa shape index (κ3) is 4.89. The molecule has 0 spiro atoms. The molecule has 132 valence electrons. The summed E-state index contributed by atoms with van der Waals surface area (Å²) in [5, 5.41) is 2.68. The van der Waals surface area contributed by atoms with Crippen LogP contribution in [0.25, 0.3) is 0 Å². The van der Waals surface area contributed by atoms with E-state index in [1.807, 2.05) is 30.3 Å². The molecule has 25 heavy (non-hydrogen) atoms. The van der Waals surface area contributed by atoms with Gasteiger partial charge in [0.25, 0.3) is 5.91 Å². The van der Waals surface area contributed by atoms with Crippen LogP contribution >= 0.6 is 0 Å². The van der Waals surface area contributed by atoms with Gasteiger partial charge in [-0.25, -0.2) is 4.39 Å². The molecule has 0 aliphatic heterocycles. The van der Waals surface area contributed by atoms with Gasteiger partial charge in [-0.2, -0.15) is 0 Å². The summed E-state index contributed by atoms with van der Waals surface area (Å²) in [5.74, 6) is -1.20. The van der Waals surface area contributed by atoms with E-state index in [1.165, 1.54) is 19.1 Å². The van der Waals surface area contributed by atoms with Crippen LogP contribution in [0.15, 0.2) is 54.6 Å². The second-order valence-corrected chi connectivity index (χ2v) is 6.38. The van der Waals surface area contributed by atoms with Gasteiger partial charge < -0.3 is 10.1 Å². The molecule has 1 atom stereocenters. The van der Waals surface area contributed by atoms with E-state index in [1.54, 1.807) is 26.0 Å². The Hall–Kier alpha value is -2.69. The maximum absolute atomic E-state index is 12.9.